The fraction of sp³-hybridized carbons (Fsp3) is 0.500. The number of hydrogen-bond acceptors (Lipinski definition) is 3. The molecule has 2 rings (SSSR count). The number of halogens is 1. The Labute approximate surface area is 112 Å². The van der Waals surface area contributed by atoms with Crippen LogP contribution in [0.2, 0.25) is 0 Å². The smallest absolute Gasteiger partial charge is 0.252 e. The molecule has 0 bridgehead atoms. The summed E-state index contributed by atoms with van der Waals surface area (Å²) in [6, 6.07) is 6.96. The van der Waals surface area contributed by atoms with E-state index in [-0.39, 0.29) is 11.2 Å². The average molecular weight is 269 g/mol. The summed E-state index contributed by atoms with van der Waals surface area (Å²) in [4.78, 5) is 11.0. The molecule has 0 unspecified atom stereocenters. The number of carbonyl (C=O) groups excluding carboxylic acids is 1. The second-order valence-corrected chi connectivity index (χ2v) is 5.83. The highest BCUT2D eigenvalue weighted by molar-refractivity contribution is 6.67. The minimum Gasteiger partial charge on any atom is -0.339 e. The fourth-order valence-electron chi connectivity index (χ4n) is 1.75. The number of hydrogen-bond donors (Lipinski definition) is 0. The molecule has 4 heteroatoms. The van der Waals surface area contributed by atoms with Gasteiger partial charge in [0.2, 0.25) is 0 Å². The van der Waals surface area contributed by atoms with Crippen LogP contribution in [0.15, 0.2) is 24.3 Å². The van der Waals surface area contributed by atoms with E-state index in [0.29, 0.717) is 5.56 Å². The predicted molar refractivity (Wildman–Crippen MR) is 69.7 cm³/mol. The second-order valence-electron chi connectivity index (χ2n) is 5.48. The van der Waals surface area contributed by atoms with Crippen LogP contribution in [-0.4, -0.2) is 16.4 Å². The van der Waals surface area contributed by atoms with Crippen molar-refractivity contribution in [1.29, 1.82) is 0 Å². The van der Waals surface area contributed by atoms with E-state index in [1.165, 1.54) is 0 Å². The molecule has 0 atom stereocenters. The van der Waals surface area contributed by atoms with E-state index in [1.807, 2.05) is 27.7 Å². The number of carbonyl (C=O) groups is 1. The molecule has 1 saturated heterocycles. The highest BCUT2D eigenvalue weighted by atomic mass is 35.5. The van der Waals surface area contributed by atoms with Crippen molar-refractivity contribution in [2.45, 2.75) is 45.2 Å². The zero-order valence-corrected chi connectivity index (χ0v) is 11.7. The van der Waals surface area contributed by atoms with Crippen LogP contribution in [0.3, 0.4) is 0 Å². The normalized spacial score (nSPS) is 22.1. The van der Waals surface area contributed by atoms with Gasteiger partial charge in [-0.1, -0.05) is 12.1 Å². The maximum Gasteiger partial charge on any atom is 0.252 e. The van der Waals surface area contributed by atoms with Crippen LogP contribution in [0, 0.1) is 0 Å². The highest BCUT2D eigenvalue weighted by Gasteiger charge is 2.49. The van der Waals surface area contributed by atoms with Gasteiger partial charge in [0.15, 0.2) is 6.29 Å². The number of benzene rings is 1. The summed E-state index contributed by atoms with van der Waals surface area (Å²) in [6.45, 7) is 8.01. The molecular formula is C14H17ClO3. The molecule has 0 amide bonds. The standard InChI is InChI=1S/C14H17ClO3/c1-13(2)14(3,4)18-12(17-13)10-7-5-9(6-8-10)11(15)16/h5-8,12H,1-4H3. The van der Waals surface area contributed by atoms with Gasteiger partial charge < -0.3 is 9.47 Å². The lowest BCUT2D eigenvalue weighted by molar-refractivity contribution is -0.0895. The molecule has 3 nitrogen and oxygen atoms in total. The summed E-state index contributed by atoms with van der Waals surface area (Å²) in [5, 5.41) is -0.463. The average Bonchev–Trinajstić information content (AvgIpc) is 2.48. The third-order valence-corrected chi connectivity index (χ3v) is 3.88. The van der Waals surface area contributed by atoms with Gasteiger partial charge in [0.25, 0.3) is 5.24 Å². The van der Waals surface area contributed by atoms with Crippen molar-refractivity contribution in [3.05, 3.63) is 35.4 Å². The number of rotatable bonds is 2. The van der Waals surface area contributed by atoms with Gasteiger partial charge in [-0.3, -0.25) is 4.79 Å². The lowest BCUT2D eigenvalue weighted by atomic mass is 9.90. The molecule has 1 fully saturated rings. The maximum atomic E-state index is 11.0. The van der Waals surface area contributed by atoms with Crippen LogP contribution in [0.1, 0.15) is 49.9 Å². The van der Waals surface area contributed by atoms with Gasteiger partial charge in [-0.25, -0.2) is 0 Å². The first kappa shape index (κ1) is 13.5. The summed E-state index contributed by atoms with van der Waals surface area (Å²) in [5.74, 6) is 0. The molecule has 1 aliphatic heterocycles. The van der Waals surface area contributed by atoms with E-state index in [2.05, 4.69) is 0 Å². The molecule has 0 N–H and O–H groups in total. The molecule has 1 aromatic rings. The second kappa shape index (κ2) is 4.34. The molecule has 18 heavy (non-hydrogen) atoms. The molecule has 1 aromatic carbocycles. The zero-order valence-electron chi connectivity index (χ0n) is 11.0. The van der Waals surface area contributed by atoms with Gasteiger partial charge >= 0.3 is 0 Å². The zero-order chi connectivity index (χ0) is 13.6. The molecule has 0 spiro atoms. The van der Waals surface area contributed by atoms with Gasteiger partial charge in [0.1, 0.15) is 0 Å². The molecule has 98 valence electrons. The van der Waals surface area contributed by atoms with E-state index >= 15 is 0 Å². The largest absolute Gasteiger partial charge is 0.339 e. The van der Waals surface area contributed by atoms with Crippen LogP contribution in [0.4, 0.5) is 0 Å². The van der Waals surface area contributed by atoms with Crippen LogP contribution < -0.4 is 0 Å². The third-order valence-electron chi connectivity index (χ3n) is 3.66. The molecular weight excluding hydrogens is 252 g/mol. The van der Waals surface area contributed by atoms with E-state index in [4.69, 9.17) is 21.1 Å². The van der Waals surface area contributed by atoms with E-state index in [0.717, 1.165) is 5.56 Å². The summed E-state index contributed by atoms with van der Waals surface area (Å²) in [5.41, 5.74) is 0.629. The van der Waals surface area contributed by atoms with Crippen LogP contribution >= 0.6 is 11.6 Å². The van der Waals surface area contributed by atoms with Crippen molar-refractivity contribution >= 4 is 16.8 Å². The molecule has 1 heterocycles. The lowest BCUT2D eigenvalue weighted by Crippen LogP contribution is -2.41. The Hall–Kier alpha value is -0.900. The van der Waals surface area contributed by atoms with Crippen LogP contribution in [0.5, 0.6) is 0 Å². The number of ether oxygens (including phenoxy) is 2. The maximum absolute atomic E-state index is 11.0. The fourth-order valence-corrected chi connectivity index (χ4v) is 1.88. The SMILES string of the molecule is CC1(C)OC(c2ccc(C(=O)Cl)cc2)OC1(C)C. The van der Waals surface area contributed by atoms with Gasteiger partial charge in [-0.05, 0) is 51.4 Å². The van der Waals surface area contributed by atoms with Crippen molar-refractivity contribution in [3.63, 3.8) is 0 Å². The molecule has 0 radical (unpaired) electrons. The first-order chi connectivity index (χ1) is 8.23. The molecule has 0 aromatic heterocycles. The van der Waals surface area contributed by atoms with Gasteiger partial charge in [0, 0.05) is 11.1 Å². The van der Waals surface area contributed by atoms with Crippen molar-refractivity contribution in [1.82, 2.24) is 0 Å². The molecule has 0 saturated carbocycles. The monoisotopic (exact) mass is 268 g/mol. The molecule has 1 aliphatic rings. The highest BCUT2D eigenvalue weighted by Crippen LogP contribution is 2.44. The summed E-state index contributed by atoms with van der Waals surface area (Å²) >= 11 is 5.40. The minimum absolute atomic E-state index is 0.362. The van der Waals surface area contributed by atoms with Gasteiger partial charge in [0.05, 0.1) is 11.2 Å². The van der Waals surface area contributed by atoms with E-state index < -0.39 is 11.5 Å². The van der Waals surface area contributed by atoms with Crippen LogP contribution in [0.25, 0.3) is 0 Å². The Kier molecular flexibility index (Phi) is 3.26. The van der Waals surface area contributed by atoms with Crippen molar-refractivity contribution in [2.75, 3.05) is 0 Å². The van der Waals surface area contributed by atoms with Gasteiger partial charge in [-0.2, -0.15) is 0 Å². The minimum atomic E-state index is -0.463. The van der Waals surface area contributed by atoms with Crippen molar-refractivity contribution in [2.24, 2.45) is 0 Å². The Morgan fingerprint density at radius 1 is 1.06 bits per heavy atom. The Morgan fingerprint density at radius 3 is 1.89 bits per heavy atom. The van der Waals surface area contributed by atoms with E-state index in [1.54, 1.807) is 24.3 Å². The summed E-state index contributed by atoms with van der Waals surface area (Å²) in [7, 11) is 0. The Bertz CT molecular complexity index is 446. The Morgan fingerprint density at radius 2 is 1.50 bits per heavy atom. The summed E-state index contributed by atoms with van der Waals surface area (Å²) in [6.07, 6.45) is -0.408. The van der Waals surface area contributed by atoms with Gasteiger partial charge in [-0.15, -0.1) is 0 Å². The quantitative estimate of drug-likeness (QED) is 0.768. The van der Waals surface area contributed by atoms with Crippen molar-refractivity contribution in [3.8, 4) is 0 Å². The lowest BCUT2D eigenvalue weighted by Gasteiger charge is -2.30. The van der Waals surface area contributed by atoms with Crippen molar-refractivity contribution < 1.29 is 14.3 Å². The van der Waals surface area contributed by atoms with E-state index in [9.17, 15) is 4.79 Å². The third kappa shape index (κ3) is 2.30. The summed E-state index contributed by atoms with van der Waals surface area (Å²) < 4.78 is 11.8. The Balaban J connectivity index is 2.22. The first-order valence-corrected chi connectivity index (χ1v) is 6.26. The topological polar surface area (TPSA) is 35.5 Å². The molecule has 0 aliphatic carbocycles. The predicted octanol–water partition coefficient (Wildman–Crippen LogP) is 3.67. The first-order valence-electron chi connectivity index (χ1n) is 5.88. The van der Waals surface area contributed by atoms with Crippen LogP contribution in [-0.2, 0) is 9.47 Å².